The van der Waals surface area contributed by atoms with E-state index in [2.05, 4.69) is 15.5 Å². The largest absolute Gasteiger partial charge is 0.416 e. The Morgan fingerprint density at radius 1 is 1.36 bits per heavy atom. The molecule has 0 spiro atoms. The zero-order valence-electron chi connectivity index (χ0n) is 13.9. The van der Waals surface area contributed by atoms with Gasteiger partial charge in [0, 0.05) is 11.6 Å². The number of carbonyl (C=O) groups is 1. The molecule has 1 unspecified atom stereocenters. The normalized spacial score (nSPS) is 15.8. The number of alkyl halides is 3. The van der Waals surface area contributed by atoms with E-state index < -0.39 is 17.8 Å². The molecule has 1 aromatic heterocycles. The predicted octanol–water partition coefficient (Wildman–Crippen LogP) is 4.58. The van der Waals surface area contributed by atoms with Gasteiger partial charge >= 0.3 is 6.18 Å². The van der Waals surface area contributed by atoms with Crippen LogP contribution in [-0.2, 0) is 6.18 Å². The van der Waals surface area contributed by atoms with Crippen molar-refractivity contribution in [3.63, 3.8) is 0 Å². The molecule has 2 N–H and O–H groups in total. The number of hydrogen-bond donors (Lipinski definition) is 2. The quantitative estimate of drug-likeness (QED) is 0.800. The van der Waals surface area contributed by atoms with Gasteiger partial charge in [-0.1, -0.05) is 25.5 Å². The van der Waals surface area contributed by atoms with Crippen molar-refractivity contribution in [1.29, 1.82) is 0 Å². The molecule has 25 heavy (non-hydrogen) atoms. The summed E-state index contributed by atoms with van der Waals surface area (Å²) < 4.78 is 38.8. The van der Waals surface area contributed by atoms with Crippen LogP contribution in [0.2, 0.25) is 0 Å². The number of amides is 1. The molecular formula is C18H20F3N3O. The summed E-state index contributed by atoms with van der Waals surface area (Å²) >= 11 is 0. The number of carbonyl (C=O) groups excluding carboxylic acids is 1. The second-order valence-electron chi connectivity index (χ2n) is 6.42. The van der Waals surface area contributed by atoms with Crippen molar-refractivity contribution in [2.45, 2.75) is 50.7 Å². The molecule has 1 heterocycles. The third-order valence-corrected chi connectivity index (χ3v) is 4.35. The molecular weight excluding hydrogens is 331 g/mol. The second-order valence-corrected chi connectivity index (χ2v) is 6.42. The number of nitrogens with one attached hydrogen (secondary N) is 2. The minimum absolute atomic E-state index is 0.273. The minimum atomic E-state index is -4.40. The van der Waals surface area contributed by atoms with Gasteiger partial charge in [-0.15, -0.1) is 0 Å². The third kappa shape index (κ3) is 4.21. The highest BCUT2D eigenvalue weighted by atomic mass is 19.4. The lowest BCUT2D eigenvalue weighted by atomic mass is 9.99. The molecule has 2 aromatic rings. The summed E-state index contributed by atoms with van der Waals surface area (Å²) in [7, 11) is 0. The summed E-state index contributed by atoms with van der Waals surface area (Å²) in [6, 6.07) is 6.34. The molecule has 1 saturated carbocycles. The van der Waals surface area contributed by atoms with E-state index in [0.29, 0.717) is 17.9 Å². The number of H-pyrrole nitrogens is 1. The van der Waals surface area contributed by atoms with E-state index in [1.165, 1.54) is 6.07 Å². The topological polar surface area (TPSA) is 57.8 Å². The van der Waals surface area contributed by atoms with Crippen LogP contribution in [0, 0.1) is 0 Å². The number of aromatic amines is 1. The van der Waals surface area contributed by atoms with Crippen molar-refractivity contribution < 1.29 is 18.0 Å². The molecule has 0 radical (unpaired) electrons. The molecule has 1 fully saturated rings. The zero-order chi connectivity index (χ0) is 18.0. The molecule has 1 aromatic carbocycles. The fraction of sp³-hybridized carbons (Fsp3) is 0.444. The maximum absolute atomic E-state index is 12.9. The van der Waals surface area contributed by atoms with Gasteiger partial charge in [0.1, 0.15) is 5.69 Å². The summed E-state index contributed by atoms with van der Waals surface area (Å²) in [5, 5.41) is 9.70. The third-order valence-electron chi connectivity index (χ3n) is 4.35. The number of benzene rings is 1. The van der Waals surface area contributed by atoms with Gasteiger partial charge in [-0.2, -0.15) is 18.3 Å². The minimum Gasteiger partial charge on any atom is -0.344 e. The molecule has 1 amide bonds. The molecule has 134 valence electrons. The first-order valence-electron chi connectivity index (χ1n) is 8.41. The lowest BCUT2D eigenvalue weighted by Gasteiger charge is -2.19. The van der Waals surface area contributed by atoms with E-state index in [1.54, 1.807) is 12.1 Å². The van der Waals surface area contributed by atoms with Crippen molar-refractivity contribution in [1.82, 2.24) is 15.5 Å². The predicted molar refractivity (Wildman–Crippen MR) is 87.1 cm³/mol. The maximum Gasteiger partial charge on any atom is 0.416 e. The Kier molecular flexibility index (Phi) is 4.83. The molecule has 0 aliphatic heterocycles. The molecule has 4 nitrogen and oxygen atoms in total. The van der Waals surface area contributed by atoms with Crippen molar-refractivity contribution in [3.05, 3.63) is 52.8 Å². The first-order valence-corrected chi connectivity index (χ1v) is 8.41. The van der Waals surface area contributed by atoms with E-state index in [-0.39, 0.29) is 11.6 Å². The van der Waals surface area contributed by atoms with E-state index in [4.69, 9.17) is 0 Å². The summed E-state index contributed by atoms with van der Waals surface area (Å²) in [6.45, 7) is 1.92. The fourth-order valence-electron chi connectivity index (χ4n) is 2.83. The van der Waals surface area contributed by atoms with Gasteiger partial charge in [0.05, 0.1) is 11.6 Å². The number of halogens is 3. The van der Waals surface area contributed by atoms with Crippen molar-refractivity contribution in [2.24, 2.45) is 0 Å². The average Bonchev–Trinajstić information content (AvgIpc) is 3.30. The first-order chi connectivity index (χ1) is 11.9. The van der Waals surface area contributed by atoms with Crippen LogP contribution < -0.4 is 5.32 Å². The summed E-state index contributed by atoms with van der Waals surface area (Å²) in [6.07, 6.45) is -0.946. The monoisotopic (exact) mass is 351 g/mol. The van der Waals surface area contributed by atoms with E-state index >= 15 is 0 Å². The first kappa shape index (κ1) is 17.5. The van der Waals surface area contributed by atoms with Gasteiger partial charge in [-0.3, -0.25) is 9.89 Å². The number of rotatable bonds is 6. The van der Waals surface area contributed by atoms with Crippen LogP contribution >= 0.6 is 0 Å². The van der Waals surface area contributed by atoms with Gasteiger partial charge in [-0.25, -0.2) is 0 Å². The SMILES string of the molecule is CCCC(NC(=O)c1cc(C2CC2)[nH]n1)c1cccc(C(F)(F)F)c1. The summed E-state index contributed by atoms with van der Waals surface area (Å²) in [5.74, 6) is 0.0722. The van der Waals surface area contributed by atoms with Gasteiger partial charge < -0.3 is 5.32 Å². The van der Waals surface area contributed by atoms with Crippen molar-refractivity contribution >= 4 is 5.91 Å². The van der Waals surface area contributed by atoms with Crippen LogP contribution in [-0.4, -0.2) is 16.1 Å². The number of aromatic nitrogens is 2. The zero-order valence-corrected chi connectivity index (χ0v) is 13.9. The summed E-state index contributed by atoms with van der Waals surface area (Å²) in [4.78, 5) is 12.4. The maximum atomic E-state index is 12.9. The molecule has 7 heteroatoms. The molecule has 1 atom stereocenters. The van der Waals surface area contributed by atoms with E-state index in [9.17, 15) is 18.0 Å². The lowest BCUT2D eigenvalue weighted by molar-refractivity contribution is -0.137. The van der Waals surface area contributed by atoms with E-state index in [1.807, 2.05) is 6.92 Å². The standard InChI is InChI=1S/C18H20F3N3O/c1-2-4-14(12-5-3-6-13(9-12)18(19,20)21)22-17(25)16-10-15(23-24-16)11-7-8-11/h3,5-6,9-11,14H,2,4,7-8H2,1H3,(H,22,25)(H,23,24). The molecule has 0 bridgehead atoms. The summed E-state index contributed by atoms with van der Waals surface area (Å²) in [5.41, 5.74) is 0.949. The molecule has 1 aliphatic carbocycles. The van der Waals surface area contributed by atoms with Crippen molar-refractivity contribution in [3.8, 4) is 0 Å². The molecule has 3 rings (SSSR count). The van der Waals surface area contributed by atoms with Gasteiger partial charge in [0.2, 0.25) is 0 Å². The van der Waals surface area contributed by atoms with Gasteiger partial charge in [0.15, 0.2) is 0 Å². The van der Waals surface area contributed by atoms with Crippen LogP contribution in [0.3, 0.4) is 0 Å². The van der Waals surface area contributed by atoms with Crippen LogP contribution in [0.25, 0.3) is 0 Å². The van der Waals surface area contributed by atoms with Gasteiger partial charge in [0.25, 0.3) is 5.91 Å². The highest BCUT2D eigenvalue weighted by molar-refractivity contribution is 5.92. The Hall–Kier alpha value is -2.31. The fourth-order valence-corrected chi connectivity index (χ4v) is 2.83. The number of nitrogens with zero attached hydrogens (tertiary/aromatic N) is 1. The number of hydrogen-bond acceptors (Lipinski definition) is 2. The Labute approximate surface area is 143 Å². The van der Waals surface area contributed by atoms with Crippen LogP contribution in [0.1, 0.15) is 71.9 Å². The average molecular weight is 351 g/mol. The Morgan fingerprint density at radius 3 is 2.76 bits per heavy atom. The lowest BCUT2D eigenvalue weighted by Crippen LogP contribution is -2.29. The Balaban J connectivity index is 1.77. The highest BCUT2D eigenvalue weighted by Crippen LogP contribution is 2.39. The van der Waals surface area contributed by atoms with Crippen molar-refractivity contribution in [2.75, 3.05) is 0 Å². The smallest absolute Gasteiger partial charge is 0.344 e. The molecule has 0 saturated heterocycles. The highest BCUT2D eigenvalue weighted by Gasteiger charge is 2.31. The Morgan fingerprint density at radius 2 is 2.12 bits per heavy atom. The van der Waals surface area contributed by atoms with E-state index in [0.717, 1.165) is 37.1 Å². The van der Waals surface area contributed by atoms with Crippen LogP contribution in [0.15, 0.2) is 30.3 Å². The van der Waals surface area contributed by atoms with Gasteiger partial charge in [-0.05, 0) is 43.0 Å². The second kappa shape index (κ2) is 6.90. The Bertz CT molecular complexity index is 750. The van der Waals surface area contributed by atoms with Crippen LogP contribution in [0.5, 0.6) is 0 Å². The molecule has 1 aliphatic rings. The van der Waals surface area contributed by atoms with Crippen LogP contribution in [0.4, 0.5) is 13.2 Å².